The second kappa shape index (κ2) is 7.66. The Morgan fingerprint density at radius 1 is 1.07 bits per heavy atom. The molecule has 5 nitrogen and oxygen atoms in total. The monoisotopic (exact) mass is 364 g/mol. The zero-order valence-corrected chi connectivity index (χ0v) is 16.1. The molecule has 5 heteroatoms. The summed E-state index contributed by atoms with van der Waals surface area (Å²) in [6.07, 6.45) is 0.376. The highest BCUT2D eigenvalue weighted by molar-refractivity contribution is 6.00. The molecule has 0 aliphatic carbocycles. The SMILES string of the molecule is COC(=O)C(Cc1ccccc1)NC(=O)c1cc2cc(C)c(C)cc2n1C. The summed E-state index contributed by atoms with van der Waals surface area (Å²) in [7, 11) is 3.19. The standard InChI is InChI=1S/C22H24N2O3/c1-14-10-17-13-20(24(3)19(17)11-15(14)2)21(25)23-18(22(26)27-4)12-16-8-6-5-7-9-16/h5-11,13,18H,12H2,1-4H3,(H,23,25). The van der Waals surface area contributed by atoms with Crippen LogP contribution in [0.2, 0.25) is 0 Å². The van der Waals surface area contributed by atoms with Gasteiger partial charge in [0.1, 0.15) is 11.7 Å². The van der Waals surface area contributed by atoms with Gasteiger partial charge in [-0.2, -0.15) is 0 Å². The number of nitrogens with one attached hydrogen (secondary N) is 1. The van der Waals surface area contributed by atoms with Crippen molar-refractivity contribution in [2.45, 2.75) is 26.3 Å². The highest BCUT2D eigenvalue weighted by atomic mass is 16.5. The van der Waals surface area contributed by atoms with Crippen LogP contribution in [0.4, 0.5) is 0 Å². The number of carbonyl (C=O) groups is 2. The molecule has 27 heavy (non-hydrogen) atoms. The molecule has 0 saturated heterocycles. The first-order valence-corrected chi connectivity index (χ1v) is 8.90. The predicted octanol–water partition coefficient (Wildman–Crippen LogP) is 3.31. The van der Waals surface area contributed by atoms with Crippen molar-refractivity contribution in [1.29, 1.82) is 0 Å². The summed E-state index contributed by atoms with van der Waals surface area (Å²) in [5.74, 6) is -0.756. The lowest BCUT2D eigenvalue weighted by Gasteiger charge is -2.17. The van der Waals surface area contributed by atoms with Gasteiger partial charge in [-0.1, -0.05) is 30.3 Å². The van der Waals surface area contributed by atoms with E-state index < -0.39 is 12.0 Å². The molecule has 0 aliphatic rings. The molecule has 0 aliphatic heterocycles. The number of rotatable bonds is 5. The number of aromatic nitrogens is 1. The maximum atomic E-state index is 12.9. The van der Waals surface area contributed by atoms with Gasteiger partial charge in [-0.15, -0.1) is 0 Å². The van der Waals surface area contributed by atoms with Crippen LogP contribution in [-0.2, 0) is 23.0 Å². The molecule has 1 N–H and O–H groups in total. The van der Waals surface area contributed by atoms with Gasteiger partial charge in [0.05, 0.1) is 7.11 Å². The summed E-state index contributed by atoms with van der Waals surface area (Å²) in [6.45, 7) is 4.10. The largest absolute Gasteiger partial charge is 0.467 e. The molecule has 1 aromatic heterocycles. The Morgan fingerprint density at radius 2 is 1.74 bits per heavy atom. The summed E-state index contributed by atoms with van der Waals surface area (Å²) in [5, 5.41) is 3.83. The molecule has 140 valence electrons. The number of carbonyl (C=O) groups excluding carboxylic acids is 2. The van der Waals surface area contributed by atoms with Crippen molar-refractivity contribution in [2.24, 2.45) is 7.05 Å². The van der Waals surface area contributed by atoms with Gasteiger partial charge in [-0.3, -0.25) is 4.79 Å². The first-order chi connectivity index (χ1) is 12.9. The van der Waals surface area contributed by atoms with Crippen LogP contribution in [0, 0.1) is 13.8 Å². The molecule has 3 aromatic rings. The summed E-state index contributed by atoms with van der Waals surface area (Å²) >= 11 is 0. The normalized spacial score (nSPS) is 12.0. The third-order valence-corrected chi connectivity index (χ3v) is 4.96. The first-order valence-electron chi connectivity index (χ1n) is 8.90. The van der Waals surface area contributed by atoms with E-state index >= 15 is 0 Å². The number of aryl methyl sites for hydroxylation is 3. The molecule has 1 atom stereocenters. The van der Waals surface area contributed by atoms with Crippen molar-refractivity contribution in [3.63, 3.8) is 0 Å². The van der Waals surface area contributed by atoms with E-state index in [0.717, 1.165) is 16.5 Å². The van der Waals surface area contributed by atoms with E-state index in [2.05, 4.69) is 31.3 Å². The van der Waals surface area contributed by atoms with Crippen LogP contribution >= 0.6 is 0 Å². The van der Waals surface area contributed by atoms with E-state index in [9.17, 15) is 9.59 Å². The van der Waals surface area contributed by atoms with Crippen LogP contribution in [0.5, 0.6) is 0 Å². The molecule has 0 bridgehead atoms. The molecule has 3 rings (SSSR count). The molecule has 0 spiro atoms. The van der Waals surface area contributed by atoms with E-state index in [-0.39, 0.29) is 5.91 Å². The number of esters is 1. The van der Waals surface area contributed by atoms with Gasteiger partial charge in [0, 0.05) is 24.4 Å². The molecule has 0 saturated carbocycles. The van der Waals surface area contributed by atoms with Crippen LogP contribution < -0.4 is 5.32 Å². The smallest absolute Gasteiger partial charge is 0.328 e. The van der Waals surface area contributed by atoms with E-state index in [1.54, 1.807) is 0 Å². The van der Waals surface area contributed by atoms with Gasteiger partial charge < -0.3 is 14.6 Å². The first kappa shape index (κ1) is 18.7. The zero-order chi connectivity index (χ0) is 19.6. The number of hydrogen-bond donors (Lipinski definition) is 1. The van der Waals surface area contributed by atoms with Crippen molar-refractivity contribution in [3.05, 3.63) is 70.9 Å². The van der Waals surface area contributed by atoms with E-state index in [1.807, 2.05) is 48.0 Å². The molecular weight excluding hydrogens is 340 g/mol. The van der Waals surface area contributed by atoms with Crippen LogP contribution in [-0.4, -0.2) is 29.6 Å². The highest BCUT2D eigenvalue weighted by Crippen LogP contribution is 2.23. The lowest BCUT2D eigenvalue weighted by Crippen LogP contribution is -2.43. The van der Waals surface area contributed by atoms with E-state index in [4.69, 9.17) is 4.74 Å². The lowest BCUT2D eigenvalue weighted by molar-refractivity contribution is -0.142. The van der Waals surface area contributed by atoms with Gasteiger partial charge in [0.25, 0.3) is 5.91 Å². The topological polar surface area (TPSA) is 60.3 Å². The Morgan fingerprint density at radius 3 is 2.41 bits per heavy atom. The minimum absolute atomic E-state index is 0.296. The number of benzene rings is 2. The number of hydrogen-bond acceptors (Lipinski definition) is 3. The summed E-state index contributed by atoms with van der Waals surface area (Å²) in [5.41, 5.74) is 4.80. The Labute approximate surface area is 158 Å². The zero-order valence-electron chi connectivity index (χ0n) is 16.1. The van der Waals surface area contributed by atoms with Gasteiger partial charge >= 0.3 is 5.97 Å². The molecule has 1 unspecified atom stereocenters. The summed E-state index contributed by atoms with van der Waals surface area (Å²) < 4.78 is 6.74. The van der Waals surface area contributed by atoms with Crippen molar-refractivity contribution >= 4 is 22.8 Å². The van der Waals surface area contributed by atoms with Gasteiger partial charge in [0.2, 0.25) is 0 Å². The summed E-state index contributed by atoms with van der Waals surface area (Å²) in [6, 6.07) is 14.8. The second-order valence-corrected chi connectivity index (χ2v) is 6.82. The average molecular weight is 364 g/mol. The third-order valence-electron chi connectivity index (χ3n) is 4.96. The second-order valence-electron chi connectivity index (χ2n) is 6.82. The number of amides is 1. The molecular formula is C22H24N2O3. The van der Waals surface area contributed by atoms with Crippen LogP contribution in [0.3, 0.4) is 0 Å². The number of methoxy groups -OCH3 is 1. The molecule has 2 aromatic carbocycles. The summed E-state index contributed by atoms with van der Waals surface area (Å²) in [4.78, 5) is 25.1. The Bertz CT molecular complexity index is 990. The van der Waals surface area contributed by atoms with Gasteiger partial charge in [-0.25, -0.2) is 4.79 Å². The fourth-order valence-corrected chi connectivity index (χ4v) is 3.24. The van der Waals surface area contributed by atoms with Crippen molar-refractivity contribution in [3.8, 4) is 0 Å². The maximum absolute atomic E-state index is 12.9. The Hall–Kier alpha value is -3.08. The van der Waals surface area contributed by atoms with Crippen molar-refractivity contribution < 1.29 is 14.3 Å². The van der Waals surface area contributed by atoms with Gasteiger partial charge in [-0.05, 0) is 48.7 Å². The lowest BCUT2D eigenvalue weighted by atomic mass is 10.1. The predicted molar refractivity (Wildman–Crippen MR) is 106 cm³/mol. The molecule has 1 heterocycles. The third kappa shape index (κ3) is 3.87. The number of fused-ring (bicyclic) bond motifs is 1. The molecule has 0 fully saturated rings. The quantitative estimate of drug-likeness (QED) is 0.707. The average Bonchev–Trinajstić information content (AvgIpc) is 2.97. The number of nitrogens with zero attached hydrogens (tertiary/aromatic N) is 1. The van der Waals surface area contributed by atoms with E-state index in [1.165, 1.54) is 18.2 Å². The van der Waals surface area contributed by atoms with E-state index in [0.29, 0.717) is 12.1 Å². The number of ether oxygens (including phenoxy) is 1. The molecule has 1 amide bonds. The Balaban J connectivity index is 1.88. The fraction of sp³-hybridized carbons (Fsp3) is 0.273. The minimum Gasteiger partial charge on any atom is -0.467 e. The highest BCUT2D eigenvalue weighted by Gasteiger charge is 2.24. The molecule has 0 radical (unpaired) electrons. The minimum atomic E-state index is -0.744. The van der Waals surface area contributed by atoms with Crippen molar-refractivity contribution in [2.75, 3.05) is 7.11 Å². The Kier molecular flexibility index (Phi) is 5.31. The van der Waals surface area contributed by atoms with Crippen LogP contribution in [0.25, 0.3) is 10.9 Å². The van der Waals surface area contributed by atoms with Gasteiger partial charge in [0.15, 0.2) is 0 Å². The van der Waals surface area contributed by atoms with Crippen LogP contribution in [0.1, 0.15) is 27.2 Å². The fourth-order valence-electron chi connectivity index (χ4n) is 3.24. The maximum Gasteiger partial charge on any atom is 0.328 e. The van der Waals surface area contributed by atoms with Crippen LogP contribution in [0.15, 0.2) is 48.5 Å². The van der Waals surface area contributed by atoms with Crippen molar-refractivity contribution in [1.82, 2.24) is 9.88 Å².